The minimum Gasteiger partial charge on any atom is -0.343 e. The van der Waals surface area contributed by atoms with Gasteiger partial charge in [-0.05, 0) is 24.3 Å². The number of carbonyl (C=O) groups excluding carboxylic acids is 1. The molecule has 3 aromatic heterocycles. The molecule has 6 nitrogen and oxygen atoms in total. The quantitative estimate of drug-likeness (QED) is 0.712. The molecule has 1 fully saturated rings. The molecule has 3 heterocycles. The summed E-state index contributed by atoms with van der Waals surface area (Å²) in [6, 6.07) is 4.05. The van der Waals surface area contributed by atoms with Crippen LogP contribution in [-0.4, -0.2) is 21.0 Å². The third-order valence-corrected chi connectivity index (χ3v) is 6.60. The zero-order valence-electron chi connectivity index (χ0n) is 14.5. The first-order valence-corrected chi connectivity index (χ1v) is 10.5. The molecule has 0 aromatic carbocycles. The number of amides is 1. The van der Waals surface area contributed by atoms with Gasteiger partial charge in [0.25, 0.3) is 0 Å². The molecule has 0 unspecified atom stereocenters. The lowest BCUT2D eigenvalue weighted by molar-refractivity contribution is -0.123. The fraction of sp³-hybridized carbons (Fsp3) is 0.444. The Morgan fingerprint density at radius 2 is 2.12 bits per heavy atom. The molecule has 1 aliphatic rings. The van der Waals surface area contributed by atoms with Crippen LogP contribution in [-0.2, 0) is 16.8 Å². The Hall–Kier alpha value is -2.06. The Morgan fingerprint density at radius 1 is 1.27 bits per heavy atom. The highest BCUT2D eigenvalue weighted by Crippen LogP contribution is 2.36. The summed E-state index contributed by atoms with van der Waals surface area (Å²) in [5.41, 5.74) is 0.283. The lowest BCUT2D eigenvalue weighted by Gasteiger charge is -2.35. The number of thiophene rings is 1. The van der Waals surface area contributed by atoms with Crippen molar-refractivity contribution in [2.24, 2.45) is 0 Å². The van der Waals surface area contributed by atoms with Crippen molar-refractivity contribution < 1.29 is 9.32 Å². The van der Waals surface area contributed by atoms with Crippen LogP contribution in [0, 0.1) is 6.92 Å². The van der Waals surface area contributed by atoms with Gasteiger partial charge in [0.15, 0.2) is 5.82 Å². The fourth-order valence-corrected chi connectivity index (χ4v) is 5.06. The zero-order chi connectivity index (χ0) is 18.0. The second kappa shape index (κ2) is 7.28. The van der Waals surface area contributed by atoms with Gasteiger partial charge >= 0.3 is 0 Å². The van der Waals surface area contributed by atoms with E-state index in [4.69, 9.17) is 4.52 Å². The second-order valence-electron chi connectivity index (χ2n) is 6.63. The lowest BCUT2D eigenvalue weighted by atomic mass is 9.81. The van der Waals surface area contributed by atoms with Gasteiger partial charge in [0.05, 0.1) is 17.0 Å². The van der Waals surface area contributed by atoms with E-state index in [2.05, 4.69) is 20.4 Å². The molecule has 0 spiro atoms. The first-order valence-electron chi connectivity index (χ1n) is 8.75. The van der Waals surface area contributed by atoms with Crippen molar-refractivity contribution in [2.45, 2.75) is 51.0 Å². The van der Waals surface area contributed by atoms with Crippen LogP contribution in [0.1, 0.15) is 49.5 Å². The smallest absolute Gasteiger partial charge is 0.226 e. The van der Waals surface area contributed by atoms with Gasteiger partial charge in [0, 0.05) is 12.3 Å². The number of thiazole rings is 1. The maximum atomic E-state index is 12.7. The van der Waals surface area contributed by atoms with E-state index in [0.717, 1.165) is 41.3 Å². The first kappa shape index (κ1) is 17.4. The van der Waals surface area contributed by atoms with Crippen molar-refractivity contribution in [3.05, 3.63) is 40.3 Å². The van der Waals surface area contributed by atoms with Crippen molar-refractivity contribution in [3.63, 3.8) is 0 Å². The predicted octanol–water partition coefficient (Wildman–Crippen LogP) is 4.08. The van der Waals surface area contributed by atoms with Crippen LogP contribution in [0.3, 0.4) is 0 Å². The molecule has 3 aromatic rings. The van der Waals surface area contributed by atoms with Gasteiger partial charge in [-0.3, -0.25) is 4.79 Å². The van der Waals surface area contributed by atoms with Gasteiger partial charge in [0.1, 0.15) is 10.5 Å². The second-order valence-corrected chi connectivity index (χ2v) is 8.43. The predicted molar refractivity (Wildman–Crippen MR) is 101 cm³/mol. The Kier molecular flexibility index (Phi) is 4.86. The van der Waals surface area contributed by atoms with E-state index >= 15 is 0 Å². The van der Waals surface area contributed by atoms with Crippen molar-refractivity contribution in [3.8, 4) is 9.88 Å². The maximum absolute atomic E-state index is 12.7. The molecule has 0 aliphatic heterocycles. The molecule has 4 rings (SSSR count). The monoisotopic (exact) mass is 388 g/mol. The van der Waals surface area contributed by atoms with E-state index in [1.54, 1.807) is 29.6 Å². The molecule has 1 aliphatic carbocycles. The van der Waals surface area contributed by atoms with Gasteiger partial charge in [0.2, 0.25) is 11.8 Å². The van der Waals surface area contributed by atoms with E-state index in [0.29, 0.717) is 11.7 Å². The average Bonchev–Trinajstić information content (AvgIpc) is 3.36. The SMILES string of the molecule is Cc1nc(C2(NC(=O)Cc3csc(-c4cccs4)n3)CCCCC2)no1. The van der Waals surface area contributed by atoms with Gasteiger partial charge in [-0.1, -0.05) is 30.5 Å². The highest BCUT2D eigenvalue weighted by molar-refractivity contribution is 7.20. The number of rotatable bonds is 5. The highest BCUT2D eigenvalue weighted by Gasteiger charge is 2.39. The van der Waals surface area contributed by atoms with E-state index in [-0.39, 0.29) is 12.3 Å². The molecule has 26 heavy (non-hydrogen) atoms. The summed E-state index contributed by atoms with van der Waals surface area (Å²) in [5, 5.41) is 12.2. The molecule has 8 heteroatoms. The molecule has 1 saturated carbocycles. The molecular weight excluding hydrogens is 368 g/mol. The molecule has 0 atom stereocenters. The molecular formula is C18H20N4O2S2. The number of hydrogen-bond donors (Lipinski definition) is 1. The van der Waals surface area contributed by atoms with Gasteiger partial charge < -0.3 is 9.84 Å². The fourth-order valence-electron chi connectivity index (χ4n) is 3.43. The minimum atomic E-state index is -0.514. The van der Waals surface area contributed by atoms with Crippen LogP contribution >= 0.6 is 22.7 Å². The van der Waals surface area contributed by atoms with Crippen molar-refractivity contribution in [1.82, 2.24) is 20.4 Å². The number of hydrogen-bond acceptors (Lipinski definition) is 7. The van der Waals surface area contributed by atoms with Crippen molar-refractivity contribution in [1.29, 1.82) is 0 Å². The highest BCUT2D eigenvalue weighted by atomic mass is 32.1. The minimum absolute atomic E-state index is 0.0441. The molecule has 1 amide bonds. The van der Waals surface area contributed by atoms with Crippen molar-refractivity contribution in [2.75, 3.05) is 0 Å². The van der Waals surface area contributed by atoms with E-state index < -0.39 is 5.54 Å². The summed E-state index contributed by atoms with van der Waals surface area (Å²) in [6.07, 6.45) is 5.22. The summed E-state index contributed by atoms with van der Waals surface area (Å²) in [5.74, 6) is 1.08. The van der Waals surface area contributed by atoms with Gasteiger partial charge in [-0.2, -0.15) is 4.98 Å². The van der Waals surface area contributed by atoms with Crippen LogP contribution in [0.2, 0.25) is 0 Å². The summed E-state index contributed by atoms with van der Waals surface area (Å²) in [4.78, 5) is 22.9. The van der Waals surface area contributed by atoms with Crippen molar-refractivity contribution >= 4 is 28.6 Å². The number of aryl methyl sites for hydroxylation is 1. The molecule has 0 radical (unpaired) electrons. The number of nitrogens with zero attached hydrogens (tertiary/aromatic N) is 3. The summed E-state index contributed by atoms with van der Waals surface area (Å²) in [6.45, 7) is 1.77. The van der Waals surface area contributed by atoms with Crippen LogP contribution in [0.25, 0.3) is 9.88 Å². The van der Waals surface area contributed by atoms with E-state index in [1.165, 1.54) is 6.42 Å². The molecule has 1 N–H and O–H groups in total. The Balaban J connectivity index is 1.48. The Morgan fingerprint density at radius 3 is 2.81 bits per heavy atom. The van der Waals surface area contributed by atoms with E-state index in [1.807, 2.05) is 22.9 Å². The van der Waals surface area contributed by atoms with Crippen LogP contribution < -0.4 is 5.32 Å². The van der Waals surface area contributed by atoms with Crippen LogP contribution in [0.4, 0.5) is 0 Å². The van der Waals surface area contributed by atoms with Crippen LogP contribution in [0.5, 0.6) is 0 Å². The van der Waals surface area contributed by atoms with Gasteiger partial charge in [-0.15, -0.1) is 22.7 Å². The molecule has 0 bridgehead atoms. The average molecular weight is 389 g/mol. The largest absolute Gasteiger partial charge is 0.343 e. The third-order valence-electron chi connectivity index (χ3n) is 4.67. The number of aromatic nitrogens is 3. The zero-order valence-corrected chi connectivity index (χ0v) is 16.2. The molecule has 136 valence electrons. The number of nitrogens with one attached hydrogen (secondary N) is 1. The Bertz CT molecular complexity index is 879. The van der Waals surface area contributed by atoms with Crippen LogP contribution in [0.15, 0.2) is 27.4 Å². The van der Waals surface area contributed by atoms with Gasteiger partial charge in [-0.25, -0.2) is 4.98 Å². The maximum Gasteiger partial charge on any atom is 0.226 e. The van der Waals surface area contributed by atoms with E-state index in [9.17, 15) is 4.79 Å². The topological polar surface area (TPSA) is 80.9 Å². The Labute approximate surface area is 159 Å². The first-order chi connectivity index (χ1) is 12.6. The number of carbonyl (C=O) groups is 1. The lowest BCUT2D eigenvalue weighted by Crippen LogP contribution is -2.48. The molecule has 0 saturated heterocycles. The summed E-state index contributed by atoms with van der Waals surface area (Å²) >= 11 is 3.23. The third kappa shape index (κ3) is 3.57. The summed E-state index contributed by atoms with van der Waals surface area (Å²) in [7, 11) is 0. The normalized spacial score (nSPS) is 16.5. The summed E-state index contributed by atoms with van der Waals surface area (Å²) < 4.78 is 5.17. The standard InChI is InChI=1S/C18H20N4O2S2/c1-12-19-17(22-24-12)18(7-3-2-4-8-18)21-15(23)10-13-11-26-16(20-13)14-6-5-9-25-14/h5-6,9,11H,2-4,7-8,10H2,1H3,(H,21,23).